The molecule has 0 aliphatic rings. The van der Waals surface area contributed by atoms with Gasteiger partial charge in [0.15, 0.2) is 5.69 Å². The van der Waals surface area contributed by atoms with Crippen LogP contribution in [0.2, 0.25) is 0 Å². The molecule has 0 saturated heterocycles. The lowest BCUT2D eigenvalue weighted by atomic mass is 10.6. The largest absolute Gasteiger partial charge is 0.439 e. The van der Waals surface area contributed by atoms with Gasteiger partial charge in [-0.2, -0.15) is 4.57 Å². The quantitative estimate of drug-likeness (QED) is 0.533. The predicted molar refractivity (Wildman–Crippen MR) is 36.8 cm³/mol. The van der Waals surface area contributed by atoms with E-state index in [2.05, 4.69) is 12.3 Å². The van der Waals surface area contributed by atoms with Gasteiger partial charge in [0, 0.05) is 6.92 Å². The first kappa shape index (κ1) is 6.55. The lowest BCUT2D eigenvalue weighted by molar-refractivity contribution is -0.677. The molecule has 2 nitrogen and oxygen atoms in total. The van der Waals surface area contributed by atoms with E-state index < -0.39 is 0 Å². The van der Waals surface area contributed by atoms with Crippen LogP contribution in [0.15, 0.2) is 5.38 Å². The summed E-state index contributed by atoms with van der Waals surface area (Å²) in [5.41, 5.74) is 1.23. The number of rotatable bonds is 1. The Labute approximate surface area is 58.7 Å². The van der Waals surface area contributed by atoms with Gasteiger partial charge in [-0.3, -0.25) is 0 Å². The highest BCUT2D eigenvalue weighted by molar-refractivity contribution is 7.11. The van der Waals surface area contributed by atoms with Gasteiger partial charge in [-0.05, 0) is 11.3 Å². The Morgan fingerprint density at radius 1 is 1.67 bits per heavy atom. The predicted octanol–water partition coefficient (Wildman–Crippen LogP) is 0.890. The average Bonchev–Trinajstić information content (AvgIpc) is 2.15. The zero-order valence-electron chi connectivity index (χ0n) is 5.84. The van der Waals surface area contributed by atoms with Crippen LogP contribution in [0, 0.1) is 6.92 Å². The van der Waals surface area contributed by atoms with Crippen molar-refractivity contribution in [3.63, 3.8) is 0 Å². The first-order chi connectivity index (χ1) is 4.25. The molecule has 1 rings (SSSR count). The van der Waals surface area contributed by atoms with Crippen molar-refractivity contribution in [2.24, 2.45) is 7.05 Å². The second kappa shape index (κ2) is 2.35. The maximum Gasteiger partial charge on any atom is 0.429 e. The SMILES string of the molecule is COc1scc(C)[n+]1C. The fraction of sp³-hybridized carbons (Fsp3) is 0.500. The van der Waals surface area contributed by atoms with Gasteiger partial charge in [-0.1, -0.05) is 0 Å². The summed E-state index contributed by atoms with van der Waals surface area (Å²) in [5, 5.41) is 3.02. The van der Waals surface area contributed by atoms with Crippen LogP contribution in [-0.2, 0) is 7.05 Å². The molecule has 0 aliphatic carbocycles. The molecule has 1 aromatic rings. The molecule has 0 atom stereocenters. The molecule has 3 heteroatoms. The van der Waals surface area contributed by atoms with Crippen molar-refractivity contribution >= 4 is 11.3 Å². The summed E-state index contributed by atoms with van der Waals surface area (Å²) in [6.45, 7) is 2.05. The molecule has 1 aromatic heterocycles. The van der Waals surface area contributed by atoms with Crippen LogP contribution in [0.5, 0.6) is 5.19 Å². The third-order valence-corrected chi connectivity index (χ3v) is 2.41. The normalized spacial score (nSPS) is 9.67. The summed E-state index contributed by atoms with van der Waals surface area (Å²) >= 11 is 1.62. The van der Waals surface area contributed by atoms with E-state index in [1.54, 1.807) is 18.4 Å². The summed E-state index contributed by atoms with van der Waals surface area (Å²) < 4.78 is 7.07. The van der Waals surface area contributed by atoms with Crippen molar-refractivity contribution in [3.8, 4) is 5.19 Å². The zero-order chi connectivity index (χ0) is 6.85. The van der Waals surface area contributed by atoms with Crippen molar-refractivity contribution < 1.29 is 9.30 Å². The number of hydrogen-bond donors (Lipinski definition) is 0. The standard InChI is InChI=1S/C6H10NOS/c1-5-4-9-6(8-3)7(5)2/h4H,1-3H3/q+1. The van der Waals surface area contributed by atoms with E-state index in [0.717, 1.165) is 5.19 Å². The topological polar surface area (TPSA) is 13.1 Å². The maximum atomic E-state index is 5.05. The number of aryl methyl sites for hydroxylation is 1. The number of methoxy groups -OCH3 is 1. The van der Waals surface area contributed by atoms with Crippen LogP contribution in [0.25, 0.3) is 0 Å². The summed E-state index contributed by atoms with van der Waals surface area (Å²) in [4.78, 5) is 0. The van der Waals surface area contributed by atoms with E-state index in [-0.39, 0.29) is 0 Å². The molecular weight excluding hydrogens is 134 g/mol. The second-order valence-electron chi connectivity index (χ2n) is 1.91. The molecular formula is C6H10NOS+. The summed E-state index contributed by atoms with van der Waals surface area (Å²) in [7, 11) is 3.68. The molecule has 0 amide bonds. The number of aromatic nitrogens is 1. The third kappa shape index (κ3) is 1.05. The van der Waals surface area contributed by atoms with E-state index in [4.69, 9.17) is 4.74 Å². The smallest absolute Gasteiger partial charge is 0.429 e. The van der Waals surface area contributed by atoms with Crippen molar-refractivity contribution in [3.05, 3.63) is 11.1 Å². The zero-order valence-corrected chi connectivity index (χ0v) is 6.66. The lowest BCUT2D eigenvalue weighted by Gasteiger charge is -1.87. The average molecular weight is 144 g/mol. The Morgan fingerprint density at radius 3 is 2.56 bits per heavy atom. The van der Waals surface area contributed by atoms with Gasteiger partial charge in [0.1, 0.15) is 7.05 Å². The monoisotopic (exact) mass is 144 g/mol. The molecule has 0 N–H and O–H groups in total. The molecule has 0 radical (unpaired) electrons. The first-order valence-corrected chi connectivity index (χ1v) is 3.61. The number of ether oxygens (including phenoxy) is 1. The second-order valence-corrected chi connectivity index (χ2v) is 2.73. The van der Waals surface area contributed by atoms with Gasteiger partial charge in [-0.15, -0.1) is 0 Å². The molecule has 0 bridgehead atoms. The number of hydrogen-bond acceptors (Lipinski definition) is 2. The molecule has 0 unspecified atom stereocenters. The molecule has 1 heterocycles. The summed E-state index contributed by atoms with van der Waals surface area (Å²) in [5.74, 6) is 0. The van der Waals surface area contributed by atoms with Crippen LogP contribution in [0.3, 0.4) is 0 Å². The Morgan fingerprint density at radius 2 is 2.33 bits per heavy atom. The van der Waals surface area contributed by atoms with Gasteiger partial charge in [0.2, 0.25) is 0 Å². The third-order valence-electron chi connectivity index (χ3n) is 1.31. The van der Waals surface area contributed by atoms with Crippen molar-refractivity contribution in [2.45, 2.75) is 6.92 Å². The van der Waals surface area contributed by atoms with Crippen LogP contribution in [0.1, 0.15) is 5.69 Å². The van der Waals surface area contributed by atoms with E-state index in [9.17, 15) is 0 Å². The van der Waals surface area contributed by atoms with Crippen molar-refractivity contribution in [1.29, 1.82) is 0 Å². The Hall–Kier alpha value is -0.570. The minimum atomic E-state index is 0.951. The number of thiazole rings is 1. The van der Waals surface area contributed by atoms with Crippen LogP contribution in [0.4, 0.5) is 0 Å². The van der Waals surface area contributed by atoms with Gasteiger partial charge in [0.25, 0.3) is 0 Å². The fourth-order valence-corrected chi connectivity index (χ4v) is 1.45. The van der Waals surface area contributed by atoms with Gasteiger partial charge in [0.05, 0.1) is 12.5 Å². The molecule has 50 valence electrons. The van der Waals surface area contributed by atoms with Crippen molar-refractivity contribution in [1.82, 2.24) is 0 Å². The Balaban J connectivity index is 3.04. The number of nitrogens with zero attached hydrogens (tertiary/aromatic N) is 1. The maximum absolute atomic E-state index is 5.05. The highest BCUT2D eigenvalue weighted by Gasteiger charge is 2.10. The fourth-order valence-electron chi connectivity index (χ4n) is 0.623. The van der Waals surface area contributed by atoms with Gasteiger partial charge < -0.3 is 4.74 Å². The first-order valence-electron chi connectivity index (χ1n) is 2.74. The van der Waals surface area contributed by atoms with E-state index in [1.807, 2.05) is 11.6 Å². The summed E-state index contributed by atoms with van der Waals surface area (Å²) in [6, 6.07) is 0. The van der Waals surface area contributed by atoms with Crippen LogP contribution >= 0.6 is 11.3 Å². The van der Waals surface area contributed by atoms with Crippen LogP contribution < -0.4 is 9.30 Å². The summed E-state index contributed by atoms with van der Waals surface area (Å²) in [6.07, 6.45) is 0. The van der Waals surface area contributed by atoms with Crippen LogP contribution in [-0.4, -0.2) is 7.11 Å². The van der Waals surface area contributed by atoms with Crippen molar-refractivity contribution in [2.75, 3.05) is 7.11 Å². The molecule has 0 aliphatic heterocycles. The Kier molecular flexibility index (Phi) is 1.71. The lowest BCUT2D eigenvalue weighted by Crippen LogP contribution is -2.29. The molecule has 0 aromatic carbocycles. The minimum absolute atomic E-state index is 0.951. The van der Waals surface area contributed by atoms with Gasteiger partial charge >= 0.3 is 5.19 Å². The van der Waals surface area contributed by atoms with E-state index in [0.29, 0.717) is 0 Å². The Bertz CT molecular complexity index is 207. The van der Waals surface area contributed by atoms with Gasteiger partial charge in [-0.25, -0.2) is 0 Å². The molecule has 9 heavy (non-hydrogen) atoms. The molecule has 0 fully saturated rings. The van der Waals surface area contributed by atoms with E-state index >= 15 is 0 Å². The van der Waals surface area contributed by atoms with E-state index in [1.165, 1.54) is 5.69 Å². The highest BCUT2D eigenvalue weighted by Crippen LogP contribution is 2.12. The highest BCUT2D eigenvalue weighted by atomic mass is 32.1. The molecule has 0 spiro atoms. The minimum Gasteiger partial charge on any atom is -0.439 e. The molecule has 0 saturated carbocycles.